The summed E-state index contributed by atoms with van der Waals surface area (Å²) >= 11 is 0. The molecule has 4 aromatic rings. The summed E-state index contributed by atoms with van der Waals surface area (Å²) in [7, 11) is 1.61. The van der Waals surface area contributed by atoms with Gasteiger partial charge in [-0.05, 0) is 25.0 Å². The van der Waals surface area contributed by atoms with Gasteiger partial charge in [0.2, 0.25) is 11.8 Å². The Bertz CT molecular complexity index is 1170. The summed E-state index contributed by atoms with van der Waals surface area (Å²) in [6.45, 7) is 3.37. The summed E-state index contributed by atoms with van der Waals surface area (Å²) in [5.74, 6) is 2.38. The van der Waals surface area contributed by atoms with Crippen molar-refractivity contribution in [2.45, 2.75) is 25.7 Å². The summed E-state index contributed by atoms with van der Waals surface area (Å²) in [5, 5.41) is 13.6. The van der Waals surface area contributed by atoms with Gasteiger partial charge in [-0.2, -0.15) is 4.52 Å². The summed E-state index contributed by atoms with van der Waals surface area (Å²) in [6, 6.07) is 6.26. The highest BCUT2D eigenvalue weighted by Crippen LogP contribution is 2.31. The number of anilines is 2. The molecule has 0 radical (unpaired) electrons. The van der Waals surface area contributed by atoms with Crippen LogP contribution in [0.5, 0.6) is 5.75 Å². The van der Waals surface area contributed by atoms with Crippen molar-refractivity contribution in [1.29, 1.82) is 0 Å². The summed E-state index contributed by atoms with van der Waals surface area (Å²) in [4.78, 5) is 11.4. The lowest BCUT2D eigenvalue weighted by Gasteiger charge is -2.29. The fourth-order valence-electron chi connectivity index (χ4n) is 3.76. The fraction of sp³-hybridized carbons (Fsp3) is 0.389. The normalized spacial score (nSPS) is 17.5. The molecule has 0 saturated carbocycles. The number of nitrogen functional groups attached to an aromatic ring is 1. The molecule has 0 amide bonds. The van der Waals surface area contributed by atoms with Crippen LogP contribution in [0.4, 0.5) is 12.0 Å². The second-order valence-electron chi connectivity index (χ2n) is 6.92. The van der Waals surface area contributed by atoms with E-state index < -0.39 is 0 Å². The summed E-state index contributed by atoms with van der Waals surface area (Å²) < 4.78 is 12.6. The lowest BCUT2D eigenvalue weighted by Crippen LogP contribution is -2.35. The first kappa shape index (κ1) is 16.7. The van der Waals surface area contributed by atoms with Crippen LogP contribution in [-0.4, -0.2) is 50.0 Å². The molecule has 10 heteroatoms. The molecular weight excluding hydrogens is 360 g/mol. The van der Waals surface area contributed by atoms with Crippen molar-refractivity contribution >= 4 is 28.5 Å². The number of ether oxygens (including phenoxy) is 1. The molecule has 4 heterocycles. The highest BCUT2D eigenvalue weighted by atomic mass is 16.5. The number of fused-ring (bicyclic) bond motifs is 3. The third-order valence-corrected chi connectivity index (χ3v) is 5.10. The van der Waals surface area contributed by atoms with Crippen LogP contribution >= 0.6 is 0 Å². The van der Waals surface area contributed by atoms with Crippen LogP contribution in [-0.2, 0) is 0 Å². The number of aromatic nitrogens is 6. The average molecular weight is 380 g/mol. The Morgan fingerprint density at radius 2 is 2.14 bits per heavy atom. The van der Waals surface area contributed by atoms with E-state index in [4.69, 9.17) is 19.9 Å². The number of benzene rings is 1. The predicted molar refractivity (Wildman–Crippen MR) is 102 cm³/mol. The number of hydrogen-bond acceptors (Lipinski definition) is 9. The van der Waals surface area contributed by atoms with E-state index in [1.807, 2.05) is 18.2 Å². The summed E-state index contributed by atoms with van der Waals surface area (Å²) in [6.07, 6.45) is 1.97. The standard InChI is InChI=1S/C18H20N8O2/c1-10-22-23-18(28-10)25-8-4-5-11(9-25)15-21-16-12-6-3-7-13(27-2)14(12)20-17(19)26(16)24-15/h3,6-7,11H,4-5,8-9H2,1-2H3,(H2,19,20)/t11-/m1/s1. The monoisotopic (exact) mass is 380 g/mol. The molecular formula is C18H20N8O2. The van der Waals surface area contributed by atoms with E-state index in [2.05, 4.69) is 25.2 Å². The molecule has 1 aliphatic rings. The first-order valence-corrected chi connectivity index (χ1v) is 9.18. The number of para-hydroxylation sites is 1. The Morgan fingerprint density at radius 1 is 1.25 bits per heavy atom. The van der Waals surface area contributed by atoms with Gasteiger partial charge in [-0.3, -0.25) is 0 Å². The van der Waals surface area contributed by atoms with Crippen molar-refractivity contribution in [1.82, 2.24) is 29.8 Å². The molecule has 1 atom stereocenters. The molecule has 1 saturated heterocycles. The molecule has 10 nitrogen and oxygen atoms in total. The van der Waals surface area contributed by atoms with Gasteiger partial charge in [0, 0.05) is 31.3 Å². The fourth-order valence-corrected chi connectivity index (χ4v) is 3.76. The molecule has 1 aliphatic heterocycles. The number of aryl methyl sites for hydroxylation is 1. The molecule has 0 spiro atoms. The maximum atomic E-state index is 6.16. The Labute approximate surface area is 160 Å². The van der Waals surface area contributed by atoms with Crippen LogP contribution in [0.1, 0.15) is 30.5 Å². The first-order valence-electron chi connectivity index (χ1n) is 9.18. The quantitative estimate of drug-likeness (QED) is 0.568. The zero-order chi connectivity index (χ0) is 19.3. The third kappa shape index (κ3) is 2.60. The van der Waals surface area contributed by atoms with Crippen molar-refractivity contribution < 1.29 is 9.15 Å². The van der Waals surface area contributed by atoms with Crippen LogP contribution in [0, 0.1) is 6.92 Å². The molecule has 0 unspecified atom stereocenters. The molecule has 0 bridgehead atoms. The van der Waals surface area contributed by atoms with E-state index in [1.165, 1.54) is 0 Å². The topological polar surface area (TPSA) is 120 Å². The van der Waals surface area contributed by atoms with Crippen molar-refractivity contribution in [2.75, 3.05) is 30.8 Å². The lowest BCUT2D eigenvalue weighted by molar-refractivity contribution is 0.419. The Kier molecular flexibility index (Phi) is 3.78. The minimum Gasteiger partial charge on any atom is -0.494 e. The Morgan fingerprint density at radius 3 is 2.93 bits per heavy atom. The van der Waals surface area contributed by atoms with Gasteiger partial charge < -0.3 is 19.8 Å². The van der Waals surface area contributed by atoms with Crippen LogP contribution < -0.4 is 15.4 Å². The number of rotatable bonds is 3. The smallest absolute Gasteiger partial charge is 0.318 e. The Hall–Kier alpha value is -3.43. The number of piperidine rings is 1. The molecule has 2 N–H and O–H groups in total. The highest BCUT2D eigenvalue weighted by Gasteiger charge is 2.28. The zero-order valence-electron chi connectivity index (χ0n) is 15.7. The van der Waals surface area contributed by atoms with Gasteiger partial charge in [-0.25, -0.2) is 9.97 Å². The molecule has 1 aromatic carbocycles. The molecule has 144 valence electrons. The SMILES string of the molecule is COc1cccc2c1nc(N)n1nc([C@@H]3CCCN(c4nnc(C)o4)C3)nc21. The van der Waals surface area contributed by atoms with Crippen LogP contribution in [0.15, 0.2) is 22.6 Å². The van der Waals surface area contributed by atoms with Crippen molar-refractivity contribution in [2.24, 2.45) is 0 Å². The maximum Gasteiger partial charge on any atom is 0.318 e. The first-order chi connectivity index (χ1) is 13.6. The molecule has 1 fully saturated rings. The summed E-state index contributed by atoms with van der Waals surface area (Å²) in [5.41, 5.74) is 7.52. The number of nitrogens with two attached hydrogens (primary N) is 1. The maximum absolute atomic E-state index is 6.16. The second-order valence-corrected chi connectivity index (χ2v) is 6.92. The van der Waals surface area contributed by atoms with E-state index in [1.54, 1.807) is 18.5 Å². The predicted octanol–water partition coefficient (Wildman–Crippen LogP) is 1.94. The van der Waals surface area contributed by atoms with E-state index in [0.717, 1.165) is 30.6 Å². The highest BCUT2D eigenvalue weighted by molar-refractivity contribution is 5.95. The average Bonchev–Trinajstić information content (AvgIpc) is 3.35. The van der Waals surface area contributed by atoms with E-state index in [9.17, 15) is 0 Å². The van der Waals surface area contributed by atoms with Gasteiger partial charge in [0.25, 0.3) is 0 Å². The van der Waals surface area contributed by atoms with Crippen LogP contribution in [0.3, 0.4) is 0 Å². The number of nitrogens with zero attached hydrogens (tertiary/aromatic N) is 7. The van der Waals surface area contributed by atoms with E-state index in [-0.39, 0.29) is 11.9 Å². The van der Waals surface area contributed by atoms with Gasteiger partial charge in [-0.15, -0.1) is 10.2 Å². The third-order valence-electron chi connectivity index (χ3n) is 5.10. The molecule has 28 heavy (non-hydrogen) atoms. The largest absolute Gasteiger partial charge is 0.494 e. The van der Waals surface area contributed by atoms with Gasteiger partial charge in [0.15, 0.2) is 11.5 Å². The molecule has 0 aliphatic carbocycles. The van der Waals surface area contributed by atoms with Gasteiger partial charge in [0.05, 0.1) is 7.11 Å². The molecule has 3 aromatic heterocycles. The van der Waals surface area contributed by atoms with Crippen molar-refractivity contribution in [3.05, 3.63) is 29.9 Å². The van der Waals surface area contributed by atoms with Crippen molar-refractivity contribution in [3.8, 4) is 5.75 Å². The van der Waals surface area contributed by atoms with Crippen molar-refractivity contribution in [3.63, 3.8) is 0 Å². The minimum atomic E-state index is 0.140. The lowest BCUT2D eigenvalue weighted by atomic mass is 9.98. The van der Waals surface area contributed by atoms with Gasteiger partial charge in [0.1, 0.15) is 11.3 Å². The Balaban J connectivity index is 1.56. The number of methoxy groups -OCH3 is 1. The number of hydrogen-bond donors (Lipinski definition) is 1. The van der Waals surface area contributed by atoms with Crippen LogP contribution in [0.2, 0.25) is 0 Å². The van der Waals surface area contributed by atoms with E-state index >= 15 is 0 Å². The van der Waals surface area contributed by atoms with Gasteiger partial charge >= 0.3 is 6.01 Å². The minimum absolute atomic E-state index is 0.140. The van der Waals surface area contributed by atoms with Crippen LogP contribution in [0.25, 0.3) is 16.6 Å². The van der Waals surface area contributed by atoms with Gasteiger partial charge in [-0.1, -0.05) is 11.2 Å². The molecule has 5 rings (SSSR count). The zero-order valence-corrected chi connectivity index (χ0v) is 15.7. The second kappa shape index (κ2) is 6.32. The van der Waals surface area contributed by atoms with E-state index in [0.29, 0.717) is 35.4 Å².